The van der Waals surface area contributed by atoms with E-state index in [2.05, 4.69) is 53.2 Å². The lowest BCUT2D eigenvalue weighted by molar-refractivity contribution is 0.250. The molecule has 0 aliphatic heterocycles. The zero-order valence-electron chi connectivity index (χ0n) is 10.9. The molecule has 98 valence electrons. The van der Waals surface area contributed by atoms with Crippen LogP contribution in [0.3, 0.4) is 0 Å². The Morgan fingerprint density at radius 1 is 1.47 bits per heavy atom. The first-order chi connectivity index (χ1) is 8.01. The number of hydrogen-bond donors (Lipinski definition) is 1. The van der Waals surface area contributed by atoms with Gasteiger partial charge < -0.3 is 10.6 Å². The van der Waals surface area contributed by atoms with Gasteiger partial charge in [-0.15, -0.1) is 11.3 Å². The van der Waals surface area contributed by atoms with E-state index in [4.69, 9.17) is 5.73 Å². The van der Waals surface area contributed by atoms with Crippen LogP contribution in [0.5, 0.6) is 0 Å². The lowest BCUT2D eigenvalue weighted by Gasteiger charge is -2.24. The third kappa shape index (κ3) is 6.00. The van der Waals surface area contributed by atoms with Crippen molar-refractivity contribution in [3.8, 4) is 0 Å². The molecule has 0 amide bonds. The van der Waals surface area contributed by atoms with Crippen LogP contribution in [-0.4, -0.2) is 25.0 Å². The molecule has 2 nitrogen and oxygen atoms in total. The Bertz CT molecular complexity index is 325. The zero-order valence-corrected chi connectivity index (χ0v) is 13.4. The van der Waals surface area contributed by atoms with E-state index in [0.717, 1.165) is 25.6 Å². The van der Waals surface area contributed by atoms with E-state index in [1.807, 2.05) is 0 Å². The molecular weight excluding hydrogens is 296 g/mol. The molecular formula is C13H23BrN2S. The van der Waals surface area contributed by atoms with E-state index in [9.17, 15) is 0 Å². The summed E-state index contributed by atoms with van der Waals surface area (Å²) in [6.07, 6.45) is 1.22. The van der Waals surface area contributed by atoms with Gasteiger partial charge in [0.05, 0.1) is 3.79 Å². The number of rotatable bonds is 7. The summed E-state index contributed by atoms with van der Waals surface area (Å²) >= 11 is 5.25. The van der Waals surface area contributed by atoms with Gasteiger partial charge in [0.15, 0.2) is 0 Å². The average molecular weight is 319 g/mol. The third-order valence-electron chi connectivity index (χ3n) is 2.78. The molecule has 0 saturated heterocycles. The Balaban J connectivity index is 2.39. The summed E-state index contributed by atoms with van der Waals surface area (Å²) < 4.78 is 1.21. The summed E-state index contributed by atoms with van der Waals surface area (Å²) in [5.41, 5.74) is 7.21. The van der Waals surface area contributed by atoms with Crippen LogP contribution in [0, 0.1) is 11.8 Å². The maximum atomic E-state index is 5.83. The van der Waals surface area contributed by atoms with Crippen LogP contribution in [0.25, 0.3) is 0 Å². The number of halogens is 1. The minimum atomic E-state index is 0.613. The van der Waals surface area contributed by atoms with E-state index in [1.54, 1.807) is 11.3 Å². The van der Waals surface area contributed by atoms with Crippen LogP contribution in [0.2, 0.25) is 0 Å². The smallest absolute Gasteiger partial charge is 0.0701 e. The fourth-order valence-corrected chi connectivity index (χ4v) is 3.36. The predicted octanol–water partition coefficient (Wildman–Crippen LogP) is 3.56. The molecule has 1 heterocycles. The Labute approximate surface area is 117 Å². The molecule has 0 bridgehead atoms. The molecule has 1 rings (SSSR count). The van der Waals surface area contributed by atoms with E-state index in [0.29, 0.717) is 5.92 Å². The molecule has 2 N–H and O–H groups in total. The SMILES string of the molecule is CC(C)CC(CN)CN(C)Cc1csc(Br)c1. The monoisotopic (exact) mass is 318 g/mol. The van der Waals surface area contributed by atoms with Crippen molar-refractivity contribution in [2.75, 3.05) is 20.1 Å². The van der Waals surface area contributed by atoms with E-state index >= 15 is 0 Å². The summed E-state index contributed by atoms with van der Waals surface area (Å²) in [6, 6.07) is 2.20. The first-order valence-electron chi connectivity index (χ1n) is 6.12. The second-order valence-electron chi connectivity index (χ2n) is 5.19. The summed E-state index contributed by atoms with van der Waals surface area (Å²) in [6.45, 7) is 7.41. The van der Waals surface area contributed by atoms with E-state index in [-0.39, 0.29) is 0 Å². The van der Waals surface area contributed by atoms with Gasteiger partial charge in [-0.3, -0.25) is 0 Å². The molecule has 0 saturated carbocycles. The average Bonchev–Trinajstić information content (AvgIpc) is 2.62. The Morgan fingerprint density at radius 2 is 2.18 bits per heavy atom. The van der Waals surface area contributed by atoms with Crippen LogP contribution in [0.4, 0.5) is 0 Å². The van der Waals surface area contributed by atoms with Crippen LogP contribution in [0.1, 0.15) is 25.8 Å². The molecule has 0 aliphatic carbocycles. The Kier molecular flexibility index (Phi) is 6.70. The summed E-state index contributed by atoms with van der Waals surface area (Å²) in [5, 5.41) is 2.21. The van der Waals surface area contributed by atoms with Crippen molar-refractivity contribution in [1.82, 2.24) is 4.90 Å². The second kappa shape index (κ2) is 7.52. The van der Waals surface area contributed by atoms with Crippen molar-refractivity contribution >= 4 is 27.3 Å². The Morgan fingerprint density at radius 3 is 2.65 bits per heavy atom. The molecule has 0 fully saturated rings. The lowest BCUT2D eigenvalue weighted by Crippen LogP contribution is -2.30. The lowest BCUT2D eigenvalue weighted by atomic mass is 9.97. The first-order valence-corrected chi connectivity index (χ1v) is 7.80. The topological polar surface area (TPSA) is 29.3 Å². The number of nitrogens with two attached hydrogens (primary N) is 1. The summed E-state index contributed by atoms with van der Waals surface area (Å²) in [7, 11) is 2.18. The number of nitrogens with zero attached hydrogens (tertiary/aromatic N) is 1. The third-order valence-corrected chi connectivity index (χ3v) is 4.34. The van der Waals surface area contributed by atoms with Gasteiger partial charge in [0, 0.05) is 13.1 Å². The van der Waals surface area contributed by atoms with Gasteiger partial charge >= 0.3 is 0 Å². The van der Waals surface area contributed by atoms with Crippen molar-refractivity contribution < 1.29 is 0 Å². The number of thiophene rings is 1. The largest absolute Gasteiger partial charge is 0.330 e. The molecule has 4 heteroatoms. The van der Waals surface area contributed by atoms with E-state index < -0.39 is 0 Å². The summed E-state index contributed by atoms with van der Waals surface area (Å²) in [5.74, 6) is 1.34. The highest BCUT2D eigenvalue weighted by atomic mass is 79.9. The van der Waals surface area contributed by atoms with Gasteiger partial charge in [-0.2, -0.15) is 0 Å². The zero-order chi connectivity index (χ0) is 12.8. The van der Waals surface area contributed by atoms with E-state index in [1.165, 1.54) is 15.8 Å². The highest BCUT2D eigenvalue weighted by molar-refractivity contribution is 9.11. The predicted molar refractivity (Wildman–Crippen MR) is 80.4 cm³/mol. The minimum absolute atomic E-state index is 0.613. The van der Waals surface area contributed by atoms with Gasteiger partial charge in [0.25, 0.3) is 0 Å². The van der Waals surface area contributed by atoms with Crippen molar-refractivity contribution in [3.05, 3.63) is 20.8 Å². The molecule has 17 heavy (non-hydrogen) atoms. The van der Waals surface area contributed by atoms with Crippen LogP contribution in [-0.2, 0) is 6.54 Å². The molecule has 1 aromatic heterocycles. The molecule has 0 aliphatic rings. The molecule has 0 spiro atoms. The molecule has 1 atom stereocenters. The summed E-state index contributed by atoms with van der Waals surface area (Å²) in [4.78, 5) is 2.37. The fourth-order valence-electron chi connectivity index (χ4n) is 2.16. The highest BCUT2D eigenvalue weighted by Gasteiger charge is 2.12. The molecule has 0 radical (unpaired) electrons. The quantitative estimate of drug-likeness (QED) is 0.832. The van der Waals surface area contributed by atoms with Crippen molar-refractivity contribution in [1.29, 1.82) is 0 Å². The van der Waals surface area contributed by atoms with Gasteiger partial charge in [0.1, 0.15) is 0 Å². The standard InChI is InChI=1S/C13H23BrN2S/c1-10(2)4-11(6-15)7-16(3)8-12-5-13(14)17-9-12/h5,9-11H,4,6-8,15H2,1-3H3. The second-order valence-corrected chi connectivity index (χ2v) is 7.48. The van der Waals surface area contributed by atoms with Gasteiger partial charge in [0.2, 0.25) is 0 Å². The minimum Gasteiger partial charge on any atom is -0.330 e. The van der Waals surface area contributed by atoms with Gasteiger partial charge in [-0.25, -0.2) is 0 Å². The number of hydrogen-bond acceptors (Lipinski definition) is 3. The fraction of sp³-hybridized carbons (Fsp3) is 0.692. The van der Waals surface area contributed by atoms with Crippen molar-refractivity contribution in [2.45, 2.75) is 26.8 Å². The molecule has 0 aromatic carbocycles. The van der Waals surface area contributed by atoms with Crippen LogP contribution >= 0.6 is 27.3 Å². The van der Waals surface area contributed by atoms with Gasteiger partial charge in [-0.05, 0) is 64.8 Å². The normalized spacial score (nSPS) is 13.6. The molecule has 1 aromatic rings. The van der Waals surface area contributed by atoms with Crippen LogP contribution in [0.15, 0.2) is 15.2 Å². The van der Waals surface area contributed by atoms with Crippen LogP contribution < -0.4 is 5.73 Å². The maximum absolute atomic E-state index is 5.83. The van der Waals surface area contributed by atoms with Crippen molar-refractivity contribution in [3.63, 3.8) is 0 Å². The highest BCUT2D eigenvalue weighted by Crippen LogP contribution is 2.22. The maximum Gasteiger partial charge on any atom is 0.0701 e. The van der Waals surface area contributed by atoms with Crippen molar-refractivity contribution in [2.24, 2.45) is 17.6 Å². The van der Waals surface area contributed by atoms with Gasteiger partial charge in [-0.1, -0.05) is 13.8 Å². The molecule has 1 unspecified atom stereocenters. The first kappa shape index (κ1) is 15.2. The Hall–Kier alpha value is 0.100.